The first-order valence-corrected chi connectivity index (χ1v) is 6.66. The lowest BCUT2D eigenvalue weighted by Crippen LogP contribution is -2.29. The van der Waals surface area contributed by atoms with Crippen LogP contribution in [0.3, 0.4) is 0 Å². The number of hydrogen-bond acceptors (Lipinski definition) is 4. The van der Waals surface area contributed by atoms with E-state index in [0.29, 0.717) is 6.54 Å². The largest absolute Gasteiger partial charge is 0.465 e. The van der Waals surface area contributed by atoms with Crippen LogP contribution in [0.25, 0.3) is 0 Å². The van der Waals surface area contributed by atoms with Crippen molar-refractivity contribution in [3.8, 4) is 0 Å². The molecule has 1 aromatic heterocycles. The summed E-state index contributed by atoms with van der Waals surface area (Å²) in [5.74, 6) is -1.23. The lowest BCUT2D eigenvalue weighted by atomic mass is 10.1. The van der Waals surface area contributed by atoms with Gasteiger partial charge in [-0.15, -0.1) is 0 Å². The van der Waals surface area contributed by atoms with E-state index in [1.54, 1.807) is 18.6 Å². The molecular formula is C15H18FN3O2. The molecule has 0 spiro atoms. The zero-order valence-electron chi connectivity index (χ0n) is 12.0. The van der Waals surface area contributed by atoms with Gasteiger partial charge < -0.3 is 14.6 Å². The predicted molar refractivity (Wildman–Crippen MR) is 76.3 cm³/mol. The fourth-order valence-electron chi connectivity index (χ4n) is 2.01. The van der Waals surface area contributed by atoms with Crippen molar-refractivity contribution in [1.29, 1.82) is 0 Å². The highest BCUT2D eigenvalue weighted by atomic mass is 19.1. The molecule has 0 amide bonds. The van der Waals surface area contributed by atoms with Gasteiger partial charge in [-0.1, -0.05) is 6.07 Å². The van der Waals surface area contributed by atoms with E-state index in [1.807, 2.05) is 17.7 Å². The van der Waals surface area contributed by atoms with Gasteiger partial charge in [0, 0.05) is 31.5 Å². The molecule has 2 rings (SSSR count). The maximum Gasteiger partial charge on any atom is 0.340 e. The number of methoxy groups -OCH3 is 1. The van der Waals surface area contributed by atoms with Gasteiger partial charge in [0.2, 0.25) is 0 Å². The Labute approximate surface area is 122 Å². The van der Waals surface area contributed by atoms with Crippen LogP contribution in [0.15, 0.2) is 36.9 Å². The van der Waals surface area contributed by atoms with E-state index in [9.17, 15) is 9.18 Å². The highest BCUT2D eigenvalue weighted by molar-refractivity contribution is 5.89. The lowest BCUT2D eigenvalue weighted by molar-refractivity contribution is 0.0595. The van der Waals surface area contributed by atoms with Crippen molar-refractivity contribution < 1.29 is 13.9 Å². The molecule has 0 saturated carbocycles. The van der Waals surface area contributed by atoms with Crippen molar-refractivity contribution in [2.24, 2.45) is 0 Å². The van der Waals surface area contributed by atoms with Gasteiger partial charge in [0.05, 0.1) is 19.0 Å². The van der Waals surface area contributed by atoms with Crippen LogP contribution in [0.1, 0.15) is 22.8 Å². The van der Waals surface area contributed by atoms with Crippen LogP contribution < -0.4 is 5.32 Å². The van der Waals surface area contributed by atoms with Gasteiger partial charge in [-0.2, -0.15) is 0 Å². The van der Waals surface area contributed by atoms with Gasteiger partial charge in [-0.05, 0) is 24.6 Å². The van der Waals surface area contributed by atoms with Crippen molar-refractivity contribution in [2.75, 3.05) is 7.11 Å². The van der Waals surface area contributed by atoms with Gasteiger partial charge in [-0.3, -0.25) is 0 Å². The molecule has 1 heterocycles. The van der Waals surface area contributed by atoms with Crippen molar-refractivity contribution >= 4 is 5.97 Å². The average Bonchev–Trinajstić information content (AvgIpc) is 2.97. The SMILES string of the molecule is COC(=O)c1ccc(CNC(C)Cn2ccnc2)cc1F. The van der Waals surface area contributed by atoms with E-state index in [4.69, 9.17) is 0 Å². The van der Waals surface area contributed by atoms with Crippen molar-refractivity contribution in [3.05, 3.63) is 53.9 Å². The molecule has 0 aliphatic heterocycles. The minimum atomic E-state index is -0.666. The first-order chi connectivity index (χ1) is 10.1. The number of carbonyl (C=O) groups excluding carboxylic acids is 1. The molecule has 112 valence electrons. The Bertz CT molecular complexity index is 599. The molecular weight excluding hydrogens is 273 g/mol. The van der Waals surface area contributed by atoms with Crippen molar-refractivity contribution in [3.63, 3.8) is 0 Å². The third-order valence-electron chi connectivity index (χ3n) is 3.14. The molecule has 0 radical (unpaired) electrons. The second-order valence-corrected chi connectivity index (χ2v) is 4.85. The predicted octanol–water partition coefficient (Wildman–Crippen LogP) is 1.99. The standard InChI is InChI=1S/C15H18FN3O2/c1-11(9-19-6-5-17-10-19)18-8-12-3-4-13(14(16)7-12)15(20)21-2/h3-7,10-11,18H,8-9H2,1-2H3. The van der Waals surface area contributed by atoms with E-state index in [-0.39, 0.29) is 11.6 Å². The molecule has 0 saturated heterocycles. The van der Waals surface area contributed by atoms with Crippen molar-refractivity contribution in [1.82, 2.24) is 14.9 Å². The number of nitrogens with zero attached hydrogens (tertiary/aromatic N) is 2. The number of esters is 1. The number of rotatable bonds is 6. The number of halogens is 1. The molecule has 5 nitrogen and oxygen atoms in total. The number of carbonyl (C=O) groups is 1. The molecule has 6 heteroatoms. The van der Waals surface area contributed by atoms with Crippen LogP contribution in [-0.4, -0.2) is 28.7 Å². The minimum absolute atomic E-state index is 0.0484. The Morgan fingerprint density at radius 2 is 2.33 bits per heavy atom. The van der Waals surface area contributed by atoms with E-state index < -0.39 is 11.8 Å². The van der Waals surface area contributed by atoms with Crippen LogP contribution in [-0.2, 0) is 17.8 Å². The molecule has 1 N–H and O–H groups in total. The summed E-state index contributed by atoms with van der Waals surface area (Å²) in [6.07, 6.45) is 5.37. The Morgan fingerprint density at radius 1 is 1.52 bits per heavy atom. The third-order valence-corrected chi connectivity index (χ3v) is 3.14. The second-order valence-electron chi connectivity index (χ2n) is 4.85. The number of ether oxygens (including phenoxy) is 1. The molecule has 1 unspecified atom stereocenters. The van der Waals surface area contributed by atoms with E-state index in [0.717, 1.165) is 12.1 Å². The Balaban J connectivity index is 1.91. The van der Waals surface area contributed by atoms with Crippen LogP contribution >= 0.6 is 0 Å². The molecule has 2 aromatic rings. The van der Waals surface area contributed by atoms with Crippen LogP contribution in [0, 0.1) is 5.82 Å². The van der Waals surface area contributed by atoms with E-state index >= 15 is 0 Å². The van der Waals surface area contributed by atoms with Crippen LogP contribution in [0.2, 0.25) is 0 Å². The van der Waals surface area contributed by atoms with Gasteiger partial charge in [0.25, 0.3) is 0 Å². The quantitative estimate of drug-likeness (QED) is 0.827. The summed E-state index contributed by atoms with van der Waals surface area (Å²) in [6.45, 7) is 3.34. The maximum atomic E-state index is 13.8. The van der Waals surface area contributed by atoms with Crippen molar-refractivity contribution in [2.45, 2.75) is 26.1 Å². The number of benzene rings is 1. The fraction of sp³-hybridized carbons (Fsp3) is 0.333. The summed E-state index contributed by atoms with van der Waals surface area (Å²) in [7, 11) is 1.23. The fourth-order valence-corrected chi connectivity index (χ4v) is 2.01. The summed E-state index contributed by atoms with van der Waals surface area (Å²) in [6, 6.07) is 4.72. The molecule has 1 aromatic carbocycles. The maximum absolute atomic E-state index is 13.8. The first-order valence-electron chi connectivity index (χ1n) is 6.66. The van der Waals surface area contributed by atoms with Gasteiger partial charge in [0.15, 0.2) is 0 Å². The smallest absolute Gasteiger partial charge is 0.340 e. The second kappa shape index (κ2) is 6.99. The summed E-state index contributed by atoms with van der Waals surface area (Å²) in [4.78, 5) is 15.3. The van der Waals surface area contributed by atoms with Gasteiger partial charge in [0.1, 0.15) is 5.82 Å². The monoisotopic (exact) mass is 291 g/mol. The first kappa shape index (κ1) is 15.2. The topological polar surface area (TPSA) is 56.1 Å². The third kappa shape index (κ3) is 4.13. The zero-order chi connectivity index (χ0) is 15.2. The van der Waals surface area contributed by atoms with E-state index in [2.05, 4.69) is 15.0 Å². The number of aromatic nitrogens is 2. The average molecular weight is 291 g/mol. The number of hydrogen-bond donors (Lipinski definition) is 1. The Kier molecular flexibility index (Phi) is 5.05. The normalized spacial score (nSPS) is 12.1. The summed E-state index contributed by atoms with van der Waals surface area (Å²) < 4.78 is 20.3. The molecule has 0 aliphatic carbocycles. The number of nitrogens with one attached hydrogen (secondary N) is 1. The van der Waals surface area contributed by atoms with Crippen LogP contribution in [0.5, 0.6) is 0 Å². The highest BCUT2D eigenvalue weighted by Crippen LogP contribution is 2.12. The summed E-state index contributed by atoms with van der Waals surface area (Å²) in [5, 5.41) is 3.30. The van der Waals surface area contributed by atoms with Gasteiger partial charge in [-0.25, -0.2) is 14.2 Å². The summed E-state index contributed by atoms with van der Waals surface area (Å²) >= 11 is 0. The lowest BCUT2D eigenvalue weighted by Gasteiger charge is -2.14. The molecule has 0 aliphatic rings. The highest BCUT2D eigenvalue weighted by Gasteiger charge is 2.12. The molecule has 0 bridgehead atoms. The Morgan fingerprint density at radius 3 is 2.95 bits per heavy atom. The molecule has 0 fully saturated rings. The molecule has 1 atom stereocenters. The minimum Gasteiger partial charge on any atom is -0.465 e. The zero-order valence-corrected chi connectivity index (χ0v) is 12.0. The molecule has 21 heavy (non-hydrogen) atoms. The summed E-state index contributed by atoms with van der Waals surface area (Å²) in [5.41, 5.74) is 0.727. The Hall–Kier alpha value is -2.21. The van der Waals surface area contributed by atoms with Gasteiger partial charge >= 0.3 is 5.97 Å². The van der Waals surface area contributed by atoms with E-state index in [1.165, 1.54) is 19.2 Å². The van der Waals surface area contributed by atoms with Crippen LogP contribution in [0.4, 0.5) is 4.39 Å². The number of imidazole rings is 1.